The average molecular weight is 269 g/mol. The number of aromatic nitrogens is 3. The predicted octanol–water partition coefficient (Wildman–Crippen LogP) is 0.373. The monoisotopic (exact) mass is 269 g/mol. The third-order valence-corrected chi connectivity index (χ3v) is 2.80. The van der Waals surface area contributed by atoms with Crippen LogP contribution in [-0.2, 0) is 6.54 Å². The zero-order valence-corrected chi connectivity index (χ0v) is 11.7. The average Bonchev–Trinajstić information content (AvgIpc) is 2.81. The molecule has 108 valence electrons. The van der Waals surface area contributed by atoms with Crippen molar-refractivity contribution in [3.05, 3.63) is 12.7 Å². The highest BCUT2D eigenvalue weighted by molar-refractivity contribution is 5.74. The van der Waals surface area contributed by atoms with Crippen molar-refractivity contribution < 1.29 is 9.90 Å². The number of amides is 2. The van der Waals surface area contributed by atoms with Gasteiger partial charge in [0, 0.05) is 12.6 Å². The molecule has 0 spiro atoms. The van der Waals surface area contributed by atoms with Crippen LogP contribution in [0.2, 0.25) is 0 Å². The molecular weight excluding hydrogens is 246 g/mol. The molecule has 1 aromatic heterocycles. The molecule has 3 N–H and O–H groups in total. The zero-order chi connectivity index (χ0) is 14.3. The third kappa shape index (κ3) is 6.19. The van der Waals surface area contributed by atoms with E-state index in [1.54, 1.807) is 11.0 Å². The Labute approximate surface area is 113 Å². The number of carbonyl (C=O) groups excluding carboxylic acids is 1. The second-order valence-electron chi connectivity index (χ2n) is 5.02. The summed E-state index contributed by atoms with van der Waals surface area (Å²) in [5.41, 5.74) is 0. The number of aliphatic hydroxyl groups is 1. The van der Waals surface area contributed by atoms with Crippen molar-refractivity contribution in [1.29, 1.82) is 0 Å². The van der Waals surface area contributed by atoms with Crippen molar-refractivity contribution in [3.8, 4) is 0 Å². The topological polar surface area (TPSA) is 92.1 Å². The summed E-state index contributed by atoms with van der Waals surface area (Å²) < 4.78 is 1.66. The van der Waals surface area contributed by atoms with Crippen molar-refractivity contribution in [3.63, 3.8) is 0 Å². The summed E-state index contributed by atoms with van der Waals surface area (Å²) >= 11 is 0. The number of hydrogen-bond acceptors (Lipinski definition) is 4. The van der Waals surface area contributed by atoms with Gasteiger partial charge in [0.05, 0.1) is 12.6 Å². The van der Waals surface area contributed by atoms with E-state index in [4.69, 9.17) is 0 Å². The Morgan fingerprint density at radius 1 is 1.42 bits per heavy atom. The van der Waals surface area contributed by atoms with Crippen LogP contribution in [0.1, 0.15) is 27.2 Å². The van der Waals surface area contributed by atoms with E-state index in [1.807, 2.05) is 20.8 Å². The molecule has 0 aromatic carbocycles. The first-order chi connectivity index (χ1) is 8.99. The molecule has 2 atom stereocenters. The van der Waals surface area contributed by atoms with Gasteiger partial charge in [0.15, 0.2) is 0 Å². The molecule has 0 bridgehead atoms. The highest BCUT2D eigenvalue weighted by Crippen LogP contribution is 2.03. The van der Waals surface area contributed by atoms with Crippen molar-refractivity contribution in [2.75, 3.05) is 6.54 Å². The van der Waals surface area contributed by atoms with Gasteiger partial charge in [-0.05, 0) is 19.3 Å². The lowest BCUT2D eigenvalue weighted by molar-refractivity contribution is 0.116. The number of nitrogens with zero attached hydrogens (tertiary/aromatic N) is 3. The molecule has 0 radical (unpaired) electrons. The normalized spacial score (nSPS) is 14.2. The second kappa shape index (κ2) is 7.73. The van der Waals surface area contributed by atoms with E-state index in [2.05, 4.69) is 20.7 Å². The molecular formula is C12H23N5O2. The number of urea groups is 1. The molecule has 0 saturated carbocycles. The molecule has 0 aliphatic rings. The van der Waals surface area contributed by atoms with Gasteiger partial charge in [0.25, 0.3) is 0 Å². The van der Waals surface area contributed by atoms with E-state index in [-0.39, 0.29) is 24.1 Å². The predicted molar refractivity (Wildman–Crippen MR) is 71.5 cm³/mol. The quantitative estimate of drug-likeness (QED) is 0.667. The Morgan fingerprint density at radius 3 is 2.74 bits per heavy atom. The van der Waals surface area contributed by atoms with Gasteiger partial charge in [0.1, 0.15) is 12.7 Å². The van der Waals surface area contributed by atoms with Gasteiger partial charge < -0.3 is 15.7 Å². The molecule has 0 saturated heterocycles. The molecule has 2 unspecified atom stereocenters. The molecule has 1 rings (SSSR count). The second-order valence-corrected chi connectivity index (χ2v) is 5.02. The van der Waals surface area contributed by atoms with Gasteiger partial charge in [-0.1, -0.05) is 13.8 Å². The Kier molecular flexibility index (Phi) is 6.27. The minimum atomic E-state index is -0.382. The van der Waals surface area contributed by atoms with E-state index < -0.39 is 0 Å². The first kappa shape index (κ1) is 15.4. The molecule has 7 heteroatoms. The molecule has 7 nitrogen and oxygen atoms in total. The summed E-state index contributed by atoms with van der Waals surface area (Å²) in [4.78, 5) is 15.4. The molecule has 0 aliphatic heterocycles. The number of carbonyl (C=O) groups is 1. The smallest absolute Gasteiger partial charge is 0.315 e. The van der Waals surface area contributed by atoms with Crippen molar-refractivity contribution in [2.45, 2.75) is 45.9 Å². The lowest BCUT2D eigenvalue weighted by Gasteiger charge is -2.17. The molecule has 0 aliphatic carbocycles. The third-order valence-electron chi connectivity index (χ3n) is 2.80. The van der Waals surface area contributed by atoms with E-state index in [0.717, 1.165) is 0 Å². The summed E-state index contributed by atoms with van der Waals surface area (Å²) in [5.74, 6) is 0.205. The molecule has 19 heavy (non-hydrogen) atoms. The first-order valence-electron chi connectivity index (χ1n) is 6.54. The highest BCUT2D eigenvalue weighted by atomic mass is 16.3. The van der Waals surface area contributed by atoms with Gasteiger partial charge in [0.2, 0.25) is 0 Å². The lowest BCUT2D eigenvalue weighted by atomic mass is 10.0. The first-order valence-corrected chi connectivity index (χ1v) is 6.54. The molecule has 2 amide bonds. The summed E-state index contributed by atoms with van der Waals surface area (Å²) in [7, 11) is 0. The standard InChI is InChI=1S/C12H23N5O2/c1-9(2)11(18)4-5-14-12(19)16-10(3)6-17-8-13-7-15-17/h7-11,18H,4-6H2,1-3H3,(H2,14,16,19). The largest absolute Gasteiger partial charge is 0.393 e. The lowest BCUT2D eigenvalue weighted by Crippen LogP contribution is -2.43. The maximum atomic E-state index is 11.6. The van der Waals surface area contributed by atoms with Gasteiger partial charge in [-0.25, -0.2) is 9.78 Å². The fourth-order valence-corrected chi connectivity index (χ4v) is 1.59. The Bertz CT molecular complexity index is 366. The van der Waals surface area contributed by atoms with Gasteiger partial charge in [-0.15, -0.1) is 0 Å². The van der Waals surface area contributed by atoms with Crippen molar-refractivity contribution in [2.24, 2.45) is 5.92 Å². The van der Waals surface area contributed by atoms with Crippen LogP contribution in [0.3, 0.4) is 0 Å². The van der Waals surface area contributed by atoms with Crippen LogP contribution in [0, 0.1) is 5.92 Å². The summed E-state index contributed by atoms with van der Waals surface area (Å²) in [5, 5.41) is 19.1. The molecule has 1 aromatic rings. The van der Waals surface area contributed by atoms with Crippen LogP contribution in [-0.4, -0.2) is 44.6 Å². The summed E-state index contributed by atoms with van der Waals surface area (Å²) in [6.07, 6.45) is 3.24. The molecule has 1 heterocycles. The summed E-state index contributed by atoms with van der Waals surface area (Å²) in [6, 6.07) is -0.278. The zero-order valence-electron chi connectivity index (χ0n) is 11.7. The van der Waals surface area contributed by atoms with Crippen LogP contribution >= 0.6 is 0 Å². The molecule has 0 fully saturated rings. The Hall–Kier alpha value is -1.63. The van der Waals surface area contributed by atoms with Crippen LogP contribution in [0.15, 0.2) is 12.7 Å². The van der Waals surface area contributed by atoms with Crippen molar-refractivity contribution >= 4 is 6.03 Å². The van der Waals surface area contributed by atoms with Crippen LogP contribution < -0.4 is 10.6 Å². The SMILES string of the molecule is CC(Cn1cncn1)NC(=O)NCCC(O)C(C)C. The number of hydrogen-bond donors (Lipinski definition) is 3. The van der Waals surface area contributed by atoms with Gasteiger partial charge >= 0.3 is 6.03 Å². The van der Waals surface area contributed by atoms with E-state index in [1.165, 1.54) is 6.33 Å². The maximum absolute atomic E-state index is 11.6. The number of nitrogens with one attached hydrogen (secondary N) is 2. The number of aliphatic hydroxyl groups excluding tert-OH is 1. The van der Waals surface area contributed by atoms with Gasteiger partial charge in [-0.2, -0.15) is 5.10 Å². The fraction of sp³-hybridized carbons (Fsp3) is 0.750. The van der Waals surface area contributed by atoms with Crippen LogP contribution in [0.5, 0.6) is 0 Å². The van der Waals surface area contributed by atoms with E-state index >= 15 is 0 Å². The maximum Gasteiger partial charge on any atom is 0.315 e. The van der Waals surface area contributed by atoms with E-state index in [9.17, 15) is 9.90 Å². The van der Waals surface area contributed by atoms with Crippen LogP contribution in [0.25, 0.3) is 0 Å². The fourth-order valence-electron chi connectivity index (χ4n) is 1.59. The Balaban J connectivity index is 2.16. The van der Waals surface area contributed by atoms with Crippen molar-refractivity contribution in [1.82, 2.24) is 25.4 Å². The van der Waals surface area contributed by atoms with Crippen LogP contribution in [0.4, 0.5) is 4.79 Å². The number of rotatable bonds is 7. The highest BCUT2D eigenvalue weighted by Gasteiger charge is 2.11. The summed E-state index contributed by atoms with van der Waals surface area (Å²) in [6.45, 7) is 6.82. The Morgan fingerprint density at radius 2 is 2.16 bits per heavy atom. The van der Waals surface area contributed by atoms with E-state index in [0.29, 0.717) is 19.5 Å². The minimum Gasteiger partial charge on any atom is -0.393 e. The minimum absolute atomic E-state index is 0.0447. The van der Waals surface area contributed by atoms with Gasteiger partial charge in [-0.3, -0.25) is 4.68 Å².